The van der Waals surface area contributed by atoms with Crippen LogP contribution in [0.15, 0.2) is 42.5 Å². The van der Waals surface area contributed by atoms with Crippen LogP contribution in [-0.4, -0.2) is 39.9 Å². The second-order valence-electron chi connectivity index (χ2n) is 8.53. The van der Waals surface area contributed by atoms with E-state index in [0.29, 0.717) is 21.8 Å². The van der Waals surface area contributed by atoms with E-state index in [-0.39, 0.29) is 12.5 Å². The van der Waals surface area contributed by atoms with E-state index in [1.165, 1.54) is 4.90 Å². The maximum atomic E-state index is 13.6. The number of hydrogen-bond acceptors (Lipinski definition) is 5. The van der Waals surface area contributed by atoms with Crippen molar-refractivity contribution in [3.63, 3.8) is 0 Å². The highest BCUT2D eigenvalue weighted by Gasteiger charge is 2.71. The highest BCUT2D eigenvalue weighted by molar-refractivity contribution is 6.31. The minimum Gasteiger partial charge on any atom is -0.392 e. The number of halogens is 1. The molecule has 0 aromatic heterocycles. The summed E-state index contributed by atoms with van der Waals surface area (Å²) in [7, 11) is 0. The summed E-state index contributed by atoms with van der Waals surface area (Å²) >= 11 is 6.26. The zero-order valence-electron chi connectivity index (χ0n) is 17.1. The smallest absolute Gasteiger partial charge is 0.250 e. The molecule has 2 saturated heterocycles. The average molecular weight is 440 g/mol. The van der Waals surface area contributed by atoms with Crippen LogP contribution in [0.4, 0.5) is 5.69 Å². The number of aryl methyl sites for hydroxylation is 1. The number of carbonyl (C=O) groups excluding carboxylic acids is 3. The summed E-state index contributed by atoms with van der Waals surface area (Å²) in [5.41, 5.74) is 1.39. The van der Waals surface area contributed by atoms with E-state index in [0.717, 1.165) is 5.56 Å². The van der Waals surface area contributed by atoms with Crippen molar-refractivity contribution in [3.8, 4) is 0 Å². The van der Waals surface area contributed by atoms with Crippen molar-refractivity contribution < 1.29 is 19.5 Å². The van der Waals surface area contributed by atoms with E-state index < -0.39 is 41.3 Å². The van der Waals surface area contributed by atoms with Crippen LogP contribution >= 0.6 is 11.6 Å². The molecule has 7 nitrogen and oxygen atoms in total. The molecule has 0 bridgehead atoms. The molecule has 160 valence electrons. The van der Waals surface area contributed by atoms with Crippen molar-refractivity contribution in [2.24, 2.45) is 11.8 Å². The third kappa shape index (κ3) is 2.63. The number of aliphatic hydroxyl groups excluding tert-OH is 1. The van der Waals surface area contributed by atoms with Crippen molar-refractivity contribution in [1.82, 2.24) is 10.2 Å². The summed E-state index contributed by atoms with van der Waals surface area (Å²) in [4.78, 5) is 41.6. The zero-order valence-corrected chi connectivity index (χ0v) is 17.8. The van der Waals surface area contributed by atoms with Gasteiger partial charge in [-0.25, -0.2) is 0 Å². The lowest BCUT2D eigenvalue weighted by molar-refractivity contribution is -0.143. The molecule has 0 saturated carbocycles. The first-order valence-electron chi connectivity index (χ1n) is 10.2. The number of anilines is 1. The van der Waals surface area contributed by atoms with Gasteiger partial charge >= 0.3 is 0 Å². The first-order chi connectivity index (χ1) is 14.8. The van der Waals surface area contributed by atoms with E-state index in [2.05, 4.69) is 10.6 Å². The fourth-order valence-corrected chi connectivity index (χ4v) is 5.53. The maximum Gasteiger partial charge on any atom is 0.250 e. The number of rotatable bonds is 3. The Balaban J connectivity index is 1.63. The molecule has 3 heterocycles. The number of para-hydroxylation sites is 1. The van der Waals surface area contributed by atoms with Crippen LogP contribution in [0.3, 0.4) is 0 Å². The van der Waals surface area contributed by atoms with E-state index >= 15 is 0 Å². The number of amides is 3. The van der Waals surface area contributed by atoms with Gasteiger partial charge in [0.1, 0.15) is 5.54 Å². The zero-order chi connectivity index (χ0) is 22.1. The van der Waals surface area contributed by atoms with Crippen molar-refractivity contribution in [3.05, 3.63) is 64.2 Å². The SMILES string of the molecule is Cc1cccc2c1NC(=O)[C@@]21N[C@@H]([C@@H](C)O)[C@H]2C(=O)N(Cc3ccccc3Cl)C(=O)[C@H]21. The third-order valence-corrected chi connectivity index (χ3v) is 7.16. The Morgan fingerprint density at radius 2 is 1.87 bits per heavy atom. The van der Waals surface area contributed by atoms with Crippen LogP contribution in [0.25, 0.3) is 0 Å². The average Bonchev–Trinajstić information content (AvgIpc) is 3.32. The molecule has 5 atom stereocenters. The maximum absolute atomic E-state index is 13.6. The largest absolute Gasteiger partial charge is 0.392 e. The monoisotopic (exact) mass is 439 g/mol. The van der Waals surface area contributed by atoms with Crippen LogP contribution < -0.4 is 10.6 Å². The van der Waals surface area contributed by atoms with Crippen molar-refractivity contribution in [2.45, 2.75) is 38.1 Å². The molecule has 1 spiro atoms. The van der Waals surface area contributed by atoms with Gasteiger partial charge in [0.05, 0.1) is 24.5 Å². The van der Waals surface area contributed by atoms with Crippen LogP contribution in [0.5, 0.6) is 0 Å². The Labute approximate surface area is 184 Å². The summed E-state index contributed by atoms with van der Waals surface area (Å²) in [6.45, 7) is 3.46. The van der Waals surface area contributed by atoms with Crippen LogP contribution in [0.1, 0.15) is 23.6 Å². The third-order valence-electron chi connectivity index (χ3n) is 6.79. The molecule has 0 radical (unpaired) electrons. The Morgan fingerprint density at radius 3 is 2.58 bits per heavy atom. The summed E-state index contributed by atoms with van der Waals surface area (Å²) in [6.07, 6.45) is -0.939. The number of likely N-dealkylation sites (tertiary alicyclic amines) is 1. The topological polar surface area (TPSA) is 98.7 Å². The van der Waals surface area contributed by atoms with Gasteiger partial charge in [-0.05, 0) is 31.0 Å². The number of fused-ring (bicyclic) bond motifs is 4. The molecule has 2 fully saturated rings. The Kier molecular flexibility index (Phi) is 4.48. The quantitative estimate of drug-likeness (QED) is 0.635. The van der Waals surface area contributed by atoms with Gasteiger partial charge in [-0.15, -0.1) is 0 Å². The van der Waals surface area contributed by atoms with Gasteiger partial charge < -0.3 is 10.4 Å². The van der Waals surface area contributed by atoms with E-state index in [1.807, 2.05) is 19.1 Å². The van der Waals surface area contributed by atoms with Gasteiger partial charge in [0.25, 0.3) is 0 Å². The molecule has 0 unspecified atom stereocenters. The molecule has 8 heteroatoms. The first-order valence-corrected chi connectivity index (χ1v) is 10.6. The second-order valence-corrected chi connectivity index (χ2v) is 8.94. The molecule has 2 aromatic carbocycles. The molecule has 3 aliphatic heterocycles. The summed E-state index contributed by atoms with van der Waals surface area (Å²) in [5, 5.41) is 17.0. The van der Waals surface area contributed by atoms with Crippen LogP contribution in [0.2, 0.25) is 5.02 Å². The molecule has 2 aromatic rings. The van der Waals surface area contributed by atoms with E-state index in [9.17, 15) is 19.5 Å². The predicted octanol–water partition coefficient (Wildman–Crippen LogP) is 1.95. The Bertz CT molecular complexity index is 1130. The fourth-order valence-electron chi connectivity index (χ4n) is 5.33. The van der Waals surface area contributed by atoms with Gasteiger partial charge in [-0.1, -0.05) is 48.0 Å². The lowest BCUT2D eigenvalue weighted by Gasteiger charge is -2.30. The minimum absolute atomic E-state index is 0.0231. The van der Waals surface area contributed by atoms with Crippen molar-refractivity contribution >= 4 is 35.0 Å². The fraction of sp³-hybridized carbons (Fsp3) is 0.348. The number of aliphatic hydroxyl groups is 1. The number of nitrogens with one attached hydrogen (secondary N) is 2. The standard InChI is InChI=1S/C23H22ClN3O4/c1-11-6-5-8-14-18(11)25-22(31)23(14)17-16(19(26-23)12(2)28)20(29)27(21(17)30)10-13-7-3-4-9-15(13)24/h3-9,12,16-17,19,26,28H,10H2,1-2H3,(H,25,31)/t12-,16+,17+,19+,23-/m1/s1. The number of hydrogen-bond donors (Lipinski definition) is 3. The summed E-state index contributed by atoms with van der Waals surface area (Å²) in [6, 6.07) is 11.8. The molecule has 5 rings (SSSR count). The van der Waals surface area contributed by atoms with Gasteiger partial charge in [0.15, 0.2) is 0 Å². The van der Waals surface area contributed by atoms with Gasteiger partial charge in [0, 0.05) is 22.3 Å². The normalized spacial score (nSPS) is 30.0. The Hall–Kier alpha value is -2.74. The second kappa shape index (κ2) is 6.88. The summed E-state index contributed by atoms with van der Waals surface area (Å²) < 4.78 is 0. The highest BCUT2D eigenvalue weighted by atomic mass is 35.5. The van der Waals surface area contributed by atoms with E-state index in [4.69, 9.17) is 11.6 Å². The molecular formula is C23H22ClN3O4. The number of imide groups is 1. The van der Waals surface area contributed by atoms with Crippen LogP contribution in [-0.2, 0) is 26.5 Å². The van der Waals surface area contributed by atoms with Crippen LogP contribution in [0, 0.1) is 18.8 Å². The van der Waals surface area contributed by atoms with Gasteiger partial charge in [-0.3, -0.25) is 24.6 Å². The van der Waals surface area contributed by atoms with E-state index in [1.54, 1.807) is 37.3 Å². The number of nitrogens with zero attached hydrogens (tertiary/aromatic N) is 1. The molecule has 31 heavy (non-hydrogen) atoms. The van der Waals surface area contributed by atoms with Gasteiger partial charge in [-0.2, -0.15) is 0 Å². The molecule has 3 aliphatic rings. The minimum atomic E-state index is -1.41. The molecule has 3 N–H and O–H groups in total. The highest BCUT2D eigenvalue weighted by Crippen LogP contribution is 2.54. The molecular weight excluding hydrogens is 418 g/mol. The lowest BCUT2D eigenvalue weighted by Crippen LogP contribution is -2.54. The predicted molar refractivity (Wildman–Crippen MR) is 114 cm³/mol. The first kappa shape index (κ1) is 20.2. The van der Waals surface area contributed by atoms with Crippen molar-refractivity contribution in [2.75, 3.05) is 5.32 Å². The van der Waals surface area contributed by atoms with Gasteiger partial charge in [0.2, 0.25) is 17.7 Å². The molecule has 0 aliphatic carbocycles. The number of benzene rings is 2. The summed E-state index contributed by atoms with van der Waals surface area (Å²) in [5.74, 6) is -3.03. The Morgan fingerprint density at radius 1 is 1.13 bits per heavy atom. The van der Waals surface area contributed by atoms with Crippen molar-refractivity contribution in [1.29, 1.82) is 0 Å². The molecule has 3 amide bonds. The lowest BCUT2D eigenvalue weighted by atomic mass is 9.76. The number of carbonyl (C=O) groups is 3.